The number of ether oxygens (including phenoxy) is 1. The van der Waals surface area contributed by atoms with Crippen molar-refractivity contribution in [1.82, 2.24) is 20.2 Å². The molecule has 15 heavy (non-hydrogen) atoms. The minimum absolute atomic E-state index is 0.0536. The van der Waals surface area contributed by atoms with E-state index in [0.29, 0.717) is 6.04 Å². The smallest absolute Gasteiger partial charge is 0.242 e. The van der Waals surface area contributed by atoms with Crippen molar-refractivity contribution in [1.29, 1.82) is 0 Å². The van der Waals surface area contributed by atoms with Gasteiger partial charge < -0.3 is 10.1 Å². The number of nitrogens with one attached hydrogen (secondary N) is 1. The van der Waals surface area contributed by atoms with Crippen LogP contribution in [0.1, 0.15) is 26.7 Å². The molecular weight excluding hydrogens is 194 g/mol. The number of tetrazole rings is 1. The Balaban J connectivity index is 1.98. The highest BCUT2D eigenvalue weighted by Crippen LogP contribution is 2.25. The standard InChI is InChI=1S/C9H17N5O/c1-9(2)6-7(4-5-15-9)10-8-11-12-13-14(8)3/h7H,4-6H2,1-3H3,(H,10,11,13). The third-order valence-corrected chi connectivity index (χ3v) is 2.65. The molecule has 6 nitrogen and oxygen atoms in total. The summed E-state index contributed by atoms with van der Waals surface area (Å²) in [6.07, 6.45) is 1.97. The molecule has 1 unspecified atom stereocenters. The molecule has 1 atom stereocenters. The fraction of sp³-hybridized carbons (Fsp3) is 0.889. The van der Waals surface area contributed by atoms with Gasteiger partial charge in [0, 0.05) is 19.7 Å². The predicted molar refractivity (Wildman–Crippen MR) is 55.5 cm³/mol. The molecule has 0 amide bonds. The van der Waals surface area contributed by atoms with Crippen LogP contribution in [0.2, 0.25) is 0 Å². The van der Waals surface area contributed by atoms with Crippen molar-refractivity contribution in [3.63, 3.8) is 0 Å². The van der Waals surface area contributed by atoms with Gasteiger partial charge in [-0.2, -0.15) is 0 Å². The summed E-state index contributed by atoms with van der Waals surface area (Å²) >= 11 is 0. The molecular formula is C9H17N5O. The van der Waals surface area contributed by atoms with Gasteiger partial charge in [-0.05, 0) is 37.1 Å². The number of anilines is 1. The summed E-state index contributed by atoms with van der Waals surface area (Å²) in [5, 5.41) is 14.6. The first-order valence-electron chi connectivity index (χ1n) is 5.20. The summed E-state index contributed by atoms with van der Waals surface area (Å²) in [6, 6.07) is 0.387. The van der Waals surface area contributed by atoms with Crippen LogP contribution >= 0.6 is 0 Å². The van der Waals surface area contributed by atoms with Gasteiger partial charge in [-0.15, -0.1) is 0 Å². The molecule has 0 spiro atoms. The van der Waals surface area contributed by atoms with Crippen molar-refractivity contribution in [3.05, 3.63) is 0 Å². The second kappa shape index (κ2) is 3.77. The molecule has 0 aromatic carbocycles. The monoisotopic (exact) mass is 211 g/mol. The summed E-state index contributed by atoms with van der Waals surface area (Å²) in [7, 11) is 1.83. The van der Waals surface area contributed by atoms with Gasteiger partial charge in [0.2, 0.25) is 5.95 Å². The number of nitrogens with zero attached hydrogens (tertiary/aromatic N) is 4. The molecule has 1 aliphatic rings. The maximum atomic E-state index is 5.65. The second-order valence-electron chi connectivity index (χ2n) is 4.57. The lowest BCUT2D eigenvalue weighted by atomic mass is 9.94. The maximum absolute atomic E-state index is 5.65. The normalized spacial score (nSPS) is 25.1. The molecule has 6 heteroatoms. The first-order chi connectivity index (χ1) is 7.07. The van der Waals surface area contributed by atoms with E-state index in [2.05, 4.69) is 34.7 Å². The van der Waals surface area contributed by atoms with E-state index < -0.39 is 0 Å². The van der Waals surface area contributed by atoms with Crippen molar-refractivity contribution >= 4 is 5.95 Å². The van der Waals surface area contributed by atoms with Gasteiger partial charge in [-0.25, -0.2) is 4.68 Å². The van der Waals surface area contributed by atoms with Crippen LogP contribution < -0.4 is 5.32 Å². The largest absolute Gasteiger partial charge is 0.375 e. The van der Waals surface area contributed by atoms with Gasteiger partial charge in [0.25, 0.3) is 0 Å². The average molecular weight is 211 g/mol. The molecule has 1 aliphatic heterocycles. The van der Waals surface area contributed by atoms with Crippen LogP contribution in [0.15, 0.2) is 0 Å². The molecule has 0 saturated carbocycles. The summed E-state index contributed by atoms with van der Waals surface area (Å²) < 4.78 is 7.29. The number of rotatable bonds is 2. The Morgan fingerprint density at radius 2 is 2.33 bits per heavy atom. The number of hydrogen-bond donors (Lipinski definition) is 1. The number of aryl methyl sites for hydroxylation is 1. The lowest BCUT2D eigenvalue weighted by Crippen LogP contribution is -2.40. The van der Waals surface area contributed by atoms with Crippen molar-refractivity contribution in [3.8, 4) is 0 Å². The Kier molecular flexibility index (Phi) is 2.60. The molecule has 1 aromatic rings. The minimum atomic E-state index is -0.0536. The fourth-order valence-electron chi connectivity index (χ4n) is 1.89. The van der Waals surface area contributed by atoms with Gasteiger partial charge in [0.05, 0.1) is 5.60 Å². The molecule has 2 heterocycles. The second-order valence-corrected chi connectivity index (χ2v) is 4.57. The lowest BCUT2D eigenvalue weighted by Gasteiger charge is -2.35. The van der Waals surface area contributed by atoms with Crippen molar-refractivity contribution < 1.29 is 4.74 Å². The number of aromatic nitrogens is 4. The number of hydrogen-bond acceptors (Lipinski definition) is 5. The SMILES string of the molecule is Cn1nnnc1NC1CCOC(C)(C)C1. The Morgan fingerprint density at radius 1 is 1.53 bits per heavy atom. The van der Waals surface area contributed by atoms with Gasteiger partial charge in [-0.3, -0.25) is 0 Å². The minimum Gasteiger partial charge on any atom is -0.375 e. The van der Waals surface area contributed by atoms with E-state index in [1.165, 1.54) is 0 Å². The highest BCUT2D eigenvalue weighted by atomic mass is 16.5. The van der Waals surface area contributed by atoms with Gasteiger partial charge in [-0.1, -0.05) is 5.10 Å². The van der Waals surface area contributed by atoms with Gasteiger partial charge >= 0.3 is 0 Å². The van der Waals surface area contributed by atoms with Crippen LogP contribution in [0, 0.1) is 0 Å². The summed E-state index contributed by atoms with van der Waals surface area (Å²) in [6.45, 7) is 5.00. The Labute approximate surface area is 89.0 Å². The molecule has 1 N–H and O–H groups in total. The molecule has 0 radical (unpaired) electrons. The van der Waals surface area contributed by atoms with E-state index >= 15 is 0 Å². The van der Waals surface area contributed by atoms with E-state index in [4.69, 9.17) is 4.74 Å². The first kappa shape index (κ1) is 10.4. The Hall–Kier alpha value is -1.17. The Bertz CT molecular complexity index is 335. The van der Waals surface area contributed by atoms with Crippen LogP contribution in [-0.4, -0.2) is 38.5 Å². The van der Waals surface area contributed by atoms with Crippen LogP contribution in [-0.2, 0) is 11.8 Å². The molecule has 84 valence electrons. The topological polar surface area (TPSA) is 64.9 Å². The van der Waals surface area contributed by atoms with E-state index in [-0.39, 0.29) is 5.60 Å². The first-order valence-corrected chi connectivity index (χ1v) is 5.20. The maximum Gasteiger partial charge on any atom is 0.242 e. The van der Waals surface area contributed by atoms with E-state index in [1.54, 1.807) is 4.68 Å². The van der Waals surface area contributed by atoms with Gasteiger partial charge in [0.1, 0.15) is 0 Å². The average Bonchev–Trinajstić information content (AvgIpc) is 2.50. The highest BCUT2D eigenvalue weighted by Gasteiger charge is 2.29. The van der Waals surface area contributed by atoms with Crippen LogP contribution in [0.4, 0.5) is 5.95 Å². The third kappa shape index (κ3) is 2.44. The summed E-state index contributed by atoms with van der Waals surface area (Å²) in [5.41, 5.74) is -0.0536. The Morgan fingerprint density at radius 3 is 2.93 bits per heavy atom. The molecule has 2 rings (SSSR count). The van der Waals surface area contributed by atoms with Crippen molar-refractivity contribution in [2.45, 2.75) is 38.3 Å². The zero-order valence-electron chi connectivity index (χ0n) is 9.40. The zero-order chi connectivity index (χ0) is 10.9. The molecule has 0 bridgehead atoms. The zero-order valence-corrected chi connectivity index (χ0v) is 9.40. The van der Waals surface area contributed by atoms with Crippen molar-refractivity contribution in [2.75, 3.05) is 11.9 Å². The highest BCUT2D eigenvalue weighted by molar-refractivity contribution is 5.23. The van der Waals surface area contributed by atoms with E-state index in [1.807, 2.05) is 7.05 Å². The summed E-state index contributed by atoms with van der Waals surface area (Å²) in [5.74, 6) is 0.720. The predicted octanol–water partition coefficient (Wildman–Crippen LogP) is 0.580. The molecule has 1 fully saturated rings. The molecule has 0 aliphatic carbocycles. The fourth-order valence-corrected chi connectivity index (χ4v) is 1.89. The molecule has 1 saturated heterocycles. The van der Waals surface area contributed by atoms with Crippen LogP contribution in [0.5, 0.6) is 0 Å². The lowest BCUT2D eigenvalue weighted by molar-refractivity contribution is -0.0554. The van der Waals surface area contributed by atoms with E-state index in [9.17, 15) is 0 Å². The molecule has 1 aromatic heterocycles. The van der Waals surface area contributed by atoms with E-state index in [0.717, 1.165) is 25.4 Å². The third-order valence-electron chi connectivity index (χ3n) is 2.65. The quantitative estimate of drug-likeness (QED) is 0.775. The summed E-state index contributed by atoms with van der Waals surface area (Å²) in [4.78, 5) is 0. The van der Waals surface area contributed by atoms with Crippen molar-refractivity contribution in [2.24, 2.45) is 7.05 Å². The van der Waals surface area contributed by atoms with Crippen LogP contribution in [0.25, 0.3) is 0 Å². The van der Waals surface area contributed by atoms with Crippen LogP contribution in [0.3, 0.4) is 0 Å². The van der Waals surface area contributed by atoms with Gasteiger partial charge in [0.15, 0.2) is 0 Å².